The van der Waals surface area contributed by atoms with Crippen molar-refractivity contribution in [3.63, 3.8) is 0 Å². The second kappa shape index (κ2) is 9.03. The summed E-state index contributed by atoms with van der Waals surface area (Å²) >= 11 is 0. The number of nitrogens with two attached hydrogens (primary N) is 1. The second-order valence-electron chi connectivity index (χ2n) is 5.06. The topological polar surface area (TPSA) is 73.6 Å². The molecule has 0 saturated heterocycles. The normalized spacial score (nSPS) is 9.79. The summed E-state index contributed by atoms with van der Waals surface area (Å²) in [6.45, 7) is 6.74. The highest BCUT2D eigenvalue weighted by atomic mass is 35.5. The summed E-state index contributed by atoms with van der Waals surface area (Å²) in [5, 5.41) is 2.87. The Hall–Kier alpha value is -2.40. The highest BCUT2D eigenvalue weighted by Crippen LogP contribution is 2.29. The number of carbonyl (C=O) groups is 1. The summed E-state index contributed by atoms with van der Waals surface area (Å²) in [6.07, 6.45) is 0. The molecule has 0 atom stereocenters. The van der Waals surface area contributed by atoms with Gasteiger partial charge in [0.15, 0.2) is 11.5 Å². The van der Waals surface area contributed by atoms with Crippen molar-refractivity contribution >= 4 is 29.7 Å². The lowest BCUT2D eigenvalue weighted by atomic mass is 10.1. The molecular weight excluding hydrogens is 328 g/mol. The van der Waals surface area contributed by atoms with Crippen LogP contribution in [0.15, 0.2) is 36.4 Å². The molecular formula is C18H23ClN2O3. The minimum Gasteiger partial charge on any atom is -0.490 e. The van der Waals surface area contributed by atoms with Gasteiger partial charge in [-0.05, 0) is 56.7 Å². The Kier molecular flexibility index (Phi) is 7.39. The van der Waals surface area contributed by atoms with E-state index in [0.29, 0.717) is 41.7 Å². The maximum absolute atomic E-state index is 12.5. The van der Waals surface area contributed by atoms with Crippen LogP contribution in [0.4, 0.5) is 11.4 Å². The van der Waals surface area contributed by atoms with Crippen molar-refractivity contribution in [1.82, 2.24) is 0 Å². The van der Waals surface area contributed by atoms with Crippen molar-refractivity contribution in [1.29, 1.82) is 0 Å². The van der Waals surface area contributed by atoms with E-state index in [1.807, 2.05) is 26.8 Å². The molecule has 1 amide bonds. The van der Waals surface area contributed by atoms with Crippen molar-refractivity contribution in [2.24, 2.45) is 0 Å². The predicted molar refractivity (Wildman–Crippen MR) is 99.6 cm³/mol. The van der Waals surface area contributed by atoms with Crippen LogP contribution in [0.25, 0.3) is 0 Å². The number of aryl methyl sites for hydroxylation is 1. The number of anilines is 2. The molecule has 0 heterocycles. The molecule has 6 heteroatoms. The quantitative estimate of drug-likeness (QED) is 0.771. The smallest absolute Gasteiger partial charge is 0.255 e. The number of carbonyl (C=O) groups excluding carboxylic acids is 1. The number of nitrogen functional groups attached to an aromatic ring is 1. The molecule has 0 saturated carbocycles. The Morgan fingerprint density at radius 2 is 1.71 bits per heavy atom. The molecule has 3 N–H and O–H groups in total. The third kappa shape index (κ3) is 4.80. The fraction of sp³-hybridized carbons (Fsp3) is 0.278. The Morgan fingerprint density at radius 3 is 2.38 bits per heavy atom. The lowest BCUT2D eigenvalue weighted by molar-refractivity contribution is 0.102. The predicted octanol–water partition coefficient (Wildman–Crippen LogP) is 4.05. The fourth-order valence-corrected chi connectivity index (χ4v) is 2.16. The Bertz CT molecular complexity index is 705. The molecule has 0 radical (unpaired) electrons. The molecule has 2 aromatic rings. The fourth-order valence-electron chi connectivity index (χ4n) is 2.16. The van der Waals surface area contributed by atoms with Gasteiger partial charge in [0.25, 0.3) is 5.91 Å². The zero-order valence-corrected chi connectivity index (χ0v) is 14.9. The number of rotatable bonds is 6. The molecule has 130 valence electrons. The van der Waals surface area contributed by atoms with E-state index in [0.717, 1.165) is 5.56 Å². The largest absolute Gasteiger partial charge is 0.490 e. The van der Waals surface area contributed by atoms with Crippen LogP contribution in [0.1, 0.15) is 29.8 Å². The van der Waals surface area contributed by atoms with Gasteiger partial charge in [-0.25, -0.2) is 0 Å². The molecule has 5 nitrogen and oxygen atoms in total. The van der Waals surface area contributed by atoms with Crippen molar-refractivity contribution in [2.45, 2.75) is 20.8 Å². The van der Waals surface area contributed by atoms with E-state index in [9.17, 15) is 4.79 Å². The maximum Gasteiger partial charge on any atom is 0.255 e. The monoisotopic (exact) mass is 350 g/mol. The van der Waals surface area contributed by atoms with Crippen LogP contribution in [0, 0.1) is 6.92 Å². The Morgan fingerprint density at radius 1 is 1.04 bits per heavy atom. The molecule has 0 spiro atoms. The van der Waals surface area contributed by atoms with Crippen molar-refractivity contribution in [2.75, 3.05) is 24.3 Å². The van der Waals surface area contributed by atoms with Gasteiger partial charge in [-0.1, -0.05) is 6.07 Å². The third-order valence-electron chi connectivity index (χ3n) is 3.32. The van der Waals surface area contributed by atoms with Gasteiger partial charge in [0.2, 0.25) is 0 Å². The van der Waals surface area contributed by atoms with Crippen LogP contribution in [-0.2, 0) is 0 Å². The molecule has 0 bridgehead atoms. The van der Waals surface area contributed by atoms with Gasteiger partial charge >= 0.3 is 0 Å². The molecule has 0 aliphatic heterocycles. The van der Waals surface area contributed by atoms with Crippen LogP contribution < -0.4 is 20.5 Å². The van der Waals surface area contributed by atoms with Gasteiger partial charge in [0.1, 0.15) is 0 Å². The molecule has 2 rings (SSSR count). The first-order valence-electron chi connectivity index (χ1n) is 7.62. The standard InChI is InChI=1S/C18H22N2O3.ClH/c1-4-22-16-9-7-13(10-17(16)23-5-2)18(21)20-15-11-14(19)8-6-12(15)3;/h6-11H,4-5,19H2,1-3H3,(H,20,21);1H. The lowest BCUT2D eigenvalue weighted by Crippen LogP contribution is -2.13. The van der Waals surface area contributed by atoms with E-state index in [-0.39, 0.29) is 18.3 Å². The highest BCUT2D eigenvalue weighted by molar-refractivity contribution is 6.05. The molecule has 0 aliphatic carbocycles. The van der Waals surface area contributed by atoms with Gasteiger partial charge in [-0.2, -0.15) is 0 Å². The summed E-state index contributed by atoms with van der Waals surface area (Å²) in [6, 6.07) is 10.6. The van der Waals surface area contributed by atoms with Crippen LogP contribution in [0.5, 0.6) is 11.5 Å². The van der Waals surface area contributed by atoms with Gasteiger partial charge in [-0.3, -0.25) is 4.79 Å². The minimum absolute atomic E-state index is 0. The number of benzene rings is 2. The number of hydrogen-bond acceptors (Lipinski definition) is 4. The average molecular weight is 351 g/mol. The number of ether oxygens (including phenoxy) is 2. The Labute approximate surface area is 148 Å². The van der Waals surface area contributed by atoms with Gasteiger partial charge in [0, 0.05) is 16.9 Å². The van der Waals surface area contributed by atoms with Crippen LogP contribution in [-0.4, -0.2) is 19.1 Å². The first-order valence-corrected chi connectivity index (χ1v) is 7.62. The van der Waals surface area contributed by atoms with E-state index in [1.165, 1.54) is 0 Å². The molecule has 0 aliphatic rings. The number of hydrogen-bond donors (Lipinski definition) is 2. The summed E-state index contributed by atoms with van der Waals surface area (Å²) in [7, 11) is 0. The van der Waals surface area contributed by atoms with Crippen molar-refractivity contribution < 1.29 is 14.3 Å². The van der Waals surface area contributed by atoms with Gasteiger partial charge in [-0.15, -0.1) is 12.4 Å². The summed E-state index contributed by atoms with van der Waals surface area (Å²) in [4.78, 5) is 12.5. The average Bonchev–Trinajstić information content (AvgIpc) is 2.53. The SMILES string of the molecule is CCOc1ccc(C(=O)Nc2cc(N)ccc2C)cc1OCC.Cl. The first-order chi connectivity index (χ1) is 11.0. The zero-order valence-electron chi connectivity index (χ0n) is 14.1. The second-order valence-corrected chi connectivity index (χ2v) is 5.06. The summed E-state index contributed by atoms with van der Waals surface area (Å²) in [5.41, 5.74) is 8.52. The van der Waals surface area contributed by atoms with Crippen molar-refractivity contribution in [3.8, 4) is 11.5 Å². The van der Waals surface area contributed by atoms with Crippen LogP contribution in [0.2, 0.25) is 0 Å². The van der Waals surface area contributed by atoms with Gasteiger partial charge < -0.3 is 20.5 Å². The minimum atomic E-state index is -0.220. The van der Waals surface area contributed by atoms with E-state index in [4.69, 9.17) is 15.2 Å². The third-order valence-corrected chi connectivity index (χ3v) is 3.32. The maximum atomic E-state index is 12.5. The van der Waals surface area contributed by atoms with Crippen LogP contribution >= 0.6 is 12.4 Å². The van der Waals surface area contributed by atoms with Crippen LogP contribution in [0.3, 0.4) is 0 Å². The Balaban J connectivity index is 0.00000288. The molecule has 24 heavy (non-hydrogen) atoms. The summed E-state index contributed by atoms with van der Waals surface area (Å²) < 4.78 is 11.1. The zero-order chi connectivity index (χ0) is 16.8. The lowest BCUT2D eigenvalue weighted by Gasteiger charge is -2.13. The molecule has 0 fully saturated rings. The molecule has 2 aromatic carbocycles. The number of nitrogens with one attached hydrogen (secondary N) is 1. The molecule has 0 aromatic heterocycles. The van der Waals surface area contributed by atoms with Gasteiger partial charge in [0.05, 0.1) is 13.2 Å². The number of amides is 1. The first kappa shape index (κ1) is 19.6. The highest BCUT2D eigenvalue weighted by Gasteiger charge is 2.12. The summed E-state index contributed by atoms with van der Waals surface area (Å²) in [5.74, 6) is 0.972. The molecule has 0 unspecified atom stereocenters. The van der Waals surface area contributed by atoms with E-state index in [1.54, 1.807) is 30.3 Å². The van der Waals surface area contributed by atoms with E-state index >= 15 is 0 Å². The van der Waals surface area contributed by atoms with E-state index in [2.05, 4.69) is 5.32 Å². The number of halogens is 1. The van der Waals surface area contributed by atoms with Crippen molar-refractivity contribution in [3.05, 3.63) is 47.5 Å². The van der Waals surface area contributed by atoms with E-state index < -0.39 is 0 Å².